The van der Waals surface area contributed by atoms with Crippen LogP contribution in [0.4, 0.5) is 0 Å². The Morgan fingerprint density at radius 1 is 1.07 bits per heavy atom. The first kappa shape index (κ1) is 30.2. The lowest BCUT2D eigenvalue weighted by Gasteiger charge is -2.59. The van der Waals surface area contributed by atoms with Crippen molar-refractivity contribution < 1.29 is 44.3 Å². The second-order valence-corrected chi connectivity index (χ2v) is 12.7. The van der Waals surface area contributed by atoms with E-state index in [0.717, 1.165) is 6.92 Å². The molecule has 0 radical (unpaired) electrons. The number of carbonyl (C=O) groups excluding carboxylic acids is 4. The molecule has 0 bridgehead atoms. The van der Waals surface area contributed by atoms with Gasteiger partial charge in [-0.1, -0.05) is 45.9 Å². The van der Waals surface area contributed by atoms with E-state index < -0.39 is 62.8 Å². The summed E-state index contributed by atoms with van der Waals surface area (Å²) in [6.07, 6.45) is 0.110. The fourth-order valence-corrected chi connectivity index (χ4v) is 8.03. The quantitative estimate of drug-likeness (QED) is 0.272. The number of fused-ring (bicyclic) bond motifs is 3. The van der Waals surface area contributed by atoms with Gasteiger partial charge in [-0.05, 0) is 67.5 Å². The molecule has 0 fully saturated rings. The maximum Gasteiger partial charge on any atom is 0.338 e. The molecule has 0 aliphatic heterocycles. The van der Waals surface area contributed by atoms with Crippen molar-refractivity contribution in [2.24, 2.45) is 22.7 Å². The fraction of sp³-hybridized carbons (Fsp3) is 0.412. The van der Waals surface area contributed by atoms with Gasteiger partial charge in [0.25, 0.3) is 0 Å². The van der Waals surface area contributed by atoms with Crippen LogP contribution in [0.3, 0.4) is 0 Å². The van der Waals surface area contributed by atoms with Crippen LogP contribution < -0.4 is 0 Å². The molecule has 0 saturated heterocycles. The maximum absolute atomic E-state index is 14.3. The van der Waals surface area contributed by atoms with Gasteiger partial charge >= 0.3 is 5.97 Å². The van der Waals surface area contributed by atoms with Gasteiger partial charge in [0.2, 0.25) is 5.78 Å². The van der Waals surface area contributed by atoms with Crippen molar-refractivity contribution in [1.82, 2.24) is 0 Å². The highest BCUT2D eigenvalue weighted by atomic mass is 16.5. The summed E-state index contributed by atoms with van der Waals surface area (Å²) in [5, 5.41) is 46.2. The molecule has 0 amide bonds. The summed E-state index contributed by atoms with van der Waals surface area (Å²) < 4.78 is 5.14. The number of phenols is 1. The molecule has 4 N–H and O–H groups in total. The first-order chi connectivity index (χ1) is 20.0. The summed E-state index contributed by atoms with van der Waals surface area (Å²) in [7, 11) is 0. The molecule has 0 aromatic heterocycles. The Bertz CT molecular complexity index is 1680. The second-order valence-electron chi connectivity index (χ2n) is 12.7. The smallest absolute Gasteiger partial charge is 0.338 e. The summed E-state index contributed by atoms with van der Waals surface area (Å²) in [6.45, 7) is 9.91. The van der Waals surface area contributed by atoms with Crippen LogP contribution in [-0.4, -0.2) is 56.0 Å². The molecule has 4 atom stereocenters. The number of ketones is 3. The molecule has 5 rings (SSSR count). The number of Topliss-reactive ketones (excluding diaryl/α,β-unsaturated/α-hetero) is 3. The zero-order valence-electron chi connectivity index (χ0n) is 25.1. The van der Waals surface area contributed by atoms with Gasteiger partial charge in [-0.2, -0.15) is 0 Å². The standard InChI is InChI=1S/C34H36O9/c1-7-43-31(41)19-10-8-9-18(13-19)20-11-12-22(36)24-21(20)14-32(5)15-33(6)25(16(2)3)27(37)23(17(4)35)29(39)34(33,42)30(40)26(32)28(24)38/h8-13,16,25,36-37,40,42H,7,14-15H2,1-6H3/t25?,32-,33-,34+/m1/s1. The number of benzene rings is 2. The molecular formula is C34H36O9. The van der Waals surface area contributed by atoms with Crippen LogP contribution in [0.1, 0.15) is 74.2 Å². The lowest BCUT2D eigenvalue weighted by Crippen LogP contribution is -2.67. The number of aliphatic hydroxyl groups excluding tert-OH is 2. The number of ether oxygens (including phenoxy) is 1. The third kappa shape index (κ3) is 4.01. The molecule has 2 aromatic carbocycles. The van der Waals surface area contributed by atoms with E-state index in [4.69, 9.17) is 4.74 Å². The number of rotatable bonds is 5. The summed E-state index contributed by atoms with van der Waals surface area (Å²) in [4.78, 5) is 53.0. The number of carbonyl (C=O) groups is 4. The lowest BCUT2D eigenvalue weighted by molar-refractivity contribution is -0.171. The van der Waals surface area contributed by atoms with Crippen LogP contribution in [0.5, 0.6) is 5.75 Å². The SMILES string of the molecule is CCOC(=O)c1cccc(-c2ccc(O)c3c2C[C@]2(C)C[C@]4(C)C(C(C)C)C(O)=C(C(C)=O)C(=O)[C@]4(O)C(O)=C2C3=O)c1. The first-order valence-electron chi connectivity index (χ1n) is 14.4. The van der Waals surface area contributed by atoms with Gasteiger partial charge in [-0.15, -0.1) is 0 Å². The molecule has 0 spiro atoms. The Labute approximate surface area is 249 Å². The van der Waals surface area contributed by atoms with E-state index >= 15 is 0 Å². The third-order valence-corrected chi connectivity index (χ3v) is 9.58. The molecule has 0 heterocycles. The van der Waals surface area contributed by atoms with Gasteiger partial charge in [0.15, 0.2) is 17.2 Å². The number of phenolic OH excluding ortho intramolecular Hbond substituents is 1. The number of hydrogen-bond donors (Lipinski definition) is 4. The average molecular weight is 589 g/mol. The van der Waals surface area contributed by atoms with E-state index in [0.29, 0.717) is 22.3 Å². The van der Waals surface area contributed by atoms with Crippen molar-refractivity contribution in [3.63, 3.8) is 0 Å². The van der Waals surface area contributed by atoms with Gasteiger partial charge in [-0.25, -0.2) is 4.79 Å². The summed E-state index contributed by atoms with van der Waals surface area (Å²) >= 11 is 0. The van der Waals surface area contributed by atoms with Crippen molar-refractivity contribution in [2.75, 3.05) is 6.61 Å². The van der Waals surface area contributed by atoms with E-state index in [1.54, 1.807) is 65.0 Å². The topological polar surface area (TPSA) is 158 Å². The van der Waals surface area contributed by atoms with E-state index in [-0.39, 0.29) is 42.3 Å². The van der Waals surface area contributed by atoms with Crippen LogP contribution in [-0.2, 0) is 20.7 Å². The van der Waals surface area contributed by atoms with Crippen molar-refractivity contribution in [1.29, 1.82) is 0 Å². The largest absolute Gasteiger partial charge is 0.511 e. The first-order valence-corrected chi connectivity index (χ1v) is 14.4. The highest BCUT2D eigenvalue weighted by molar-refractivity contribution is 6.25. The number of aromatic hydroxyl groups is 1. The predicted molar refractivity (Wildman–Crippen MR) is 157 cm³/mol. The molecule has 43 heavy (non-hydrogen) atoms. The molecular weight excluding hydrogens is 552 g/mol. The van der Waals surface area contributed by atoms with Gasteiger partial charge in [0, 0.05) is 22.3 Å². The van der Waals surface area contributed by atoms with Crippen LogP contribution in [0.15, 0.2) is 59.1 Å². The highest BCUT2D eigenvalue weighted by Crippen LogP contribution is 2.65. The normalized spacial score (nSPS) is 28.4. The fourth-order valence-electron chi connectivity index (χ4n) is 8.03. The molecule has 1 unspecified atom stereocenters. The number of allylic oxidation sites excluding steroid dienone is 2. The van der Waals surface area contributed by atoms with Crippen LogP contribution in [0, 0.1) is 22.7 Å². The molecule has 9 nitrogen and oxygen atoms in total. The third-order valence-electron chi connectivity index (χ3n) is 9.58. The zero-order chi connectivity index (χ0) is 31.8. The Morgan fingerprint density at radius 2 is 1.74 bits per heavy atom. The van der Waals surface area contributed by atoms with E-state index in [2.05, 4.69) is 0 Å². The lowest BCUT2D eigenvalue weighted by atomic mass is 9.44. The van der Waals surface area contributed by atoms with Crippen molar-refractivity contribution >= 4 is 23.3 Å². The van der Waals surface area contributed by atoms with Crippen LogP contribution in [0.25, 0.3) is 11.1 Å². The molecule has 9 heteroatoms. The van der Waals surface area contributed by atoms with Gasteiger partial charge in [-0.3, -0.25) is 14.4 Å². The van der Waals surface area contributed by atoms with Crippen LogP contribution in [0.2, 0.25) is 0 Å². The van der Waals surface area contributed by atoms with E-state index in [1.807, 2.05) is 0 Å². The van der Waals surface area contributed by atoms with Gasteiger partial charge < -0.3 is 25.2 Å². The summed E-state index contributed by atoms with van der Waals surface area (Å²) in [5.74, 6) is -6.09. The van der Waals surface area contributed by atoms with Crippen molar-refractivity contribution in [3.8, 4) is 16.9 Å². The van der Waals surface area contributed by atoms with E-state index in [1.165, 1.54) is 6.07 Å². The Balaban J connectivity index is 1.76. The monoisotopic (exact) mass is 588 g/mol. The Morgan fingerprint density at radius 3 is 2.35 bits per heavy atom. The summed E-state index contributed by atoms with van der Waals surface area (Å²) in [5.41, 5.74) is -4.25. The molecule has 226 valence electrons. The molecule has 3 aliphatic rings. The predicted octanol–water partition coefficient (Wildman–Crippen LogP) is 5.19. The number of aliphatic hydroxyl groups is 3. The van der Waals surface area contributed by atoms with Gasteiger partial charge in [0.05, 0.1) is 17.7 Å². The van der Waals surface area contributed by atoms with Crippen molar-refractivity contribution in [2.45, 2.75) is 60.0 Å². The minimum absolute atomic E-state index is 0.0110. The van der Waals surface area contributed by atoms with Gasteiger partial charge in [0.1, 0.15) is 22.8 Å². The molecule has 2 aromatic rings. The Hall–Kier alpha value is -4.24. The number of esters is 1. The maximum atomic E-state index is 14.3. The second kappa shape index (κ2) is 9.91. The number of hydrogen-bond acceptors (Lipinski definition) is 9. The average Bonchev–Trinajstić information content (AvgIpc) is 2.90. The Kier molecular flexibility index (Phi) is 6.97. The minimum atomic E-state index is -2.67. The minimum Gasteiger partial charge on any atom is -0.511 e. The van der Waals surface area contributed by atoms with Crippen molar-refractivity contribution in [3.05, 3.63) is 75.8 Å². The van der Waals surface area contributed by atoms with E-state index in [9.17, 15) is 39.6 Å². The van der Waals surface area contributed by atoms with Crippen LogP contribution >= 0.6 is 0 Å². The zero-order valence-corrected chi connectivity index (χ0v) is 25.1. The highest BCUT2D eigenvalue weighted by Gasteiger charge is 2.71. The molecule has 0 saturated carbocycles. The summed E-state index contributed by atoms with van der Waals surface area (Å²) in [6, 6.07) is 9.72. The molecule has 3 aliphatic carbocycles.